The third-order valence-corrected chi connectivity index (χ3v) is 6.50. The minimum Gasteiger partial charge on any atom is -0.475 e. The van der Waals surface area contributed by atoms with Crippen molar-refractivity contribution in [2.24, 2.45) is 5.92 Å². The van der Waals surface area contributed by atoms with Gasteiger partial charge in [-0.05, 0) is 50.0 Å². The lowest BCUT2D eigenvalue weighted by Gasteiger charge is -2.30. The topological polar surface area (TPSA) is 87.1 Å². The molecule has 2 aliphatic carbocycles. The summed E-state index contributed by atoms with van der Waals surface area (Å²) in [5.74, 6) is -0.557. The molecule has 4 rings (SSSR count). The summed E-state index contributed by atoms with van der Waals surface area (Å²) in [5.41, 5.74) is 3.79. The number of nitrogens with one attached hydrogen (secondary N) is 2. The standard InChI is InChI=1S/C25H32N4O2.2ClH/c1-2-19(12-17-6-4-3-5-7-17)22-13-23(22)29-21-10-8-20(9-11-21)26-14-18-15-27-24(25(30)31)28-16-18;;/h3-7,12,15-16,20-23,26,29H,2,8-11,13-14H2,1H3,(H,30,31);2*1H/b19-12+;;/t20?,21?,22-,23+;;/m0../s1. The van der Waals surface area contributed by atoms with Gasteiger partial charge in [-0.25, -0.2) is 14.8 Å². The molecule has 2 aliphatic rings. The van der Waals surface area contributed by atoms with Gasteiger partial charge in [0, 0.05) is 42.6 Å². The Kier molecular flexibility index (Phi) is 10.8. The maximum atomic E-state index is 10.8. The maximum absolute atomic E-state index is 10.8. The minimum atomic E-state index is -1.09. The molecular formula is C25H34Cl2N4O2. The van der Waals surface area contributed by atoms with Gasteiger partial charge in [-0.1, -0.05) is 48.9 Å². The van der Waals surface area contributed by atoms with Crippen molar-refractivity contribution in [1.29, 1.82) is 0 Å². The Morgan fingerprint density at radius 3 is 2.30 bits per heavy atom. The normalized spacial score (nSPS) is 24.3. The minimum absolute atomic E-state index is 0. The molecule has 0 radical (unpaired) electrons. The fraction of sp³-hybridized carbons (Fsp3) is 0.480. The van der Waals surface area contributed by atoms with Crippen molar-refractivity contribution >= 4 is 36.9 Å². The van der Waals surface area contributed by atoms with Gasteiger partial charge in [0.05, 0.1) is 0 Å². The van der Waals surface area contributed by atoms with Gasteiger partial charge in [0.2, 0.25) is 5.82 Å². The average Bonchev–Trinajstić information content (AvgIpc) is 3.56. The number of hydrogen-bond acceptors (Lipinski definition) is 5. The summed E-state index contributed by atoms with van der Waals surface area (Å²) >= 11 is 0. The SMILES string of the molecule is CC/C(=C\c1ccccc1)[C@@H]1C[C@H]1NC1CCC(NCc2cnc(C(=O)O)nc2)CC1.Cl.Cl. The molecule has 2 aromatic rings. The number of carboxylic acids is 1. The van der Waals surface area contributed by atoms with Crippen LogP contribution in [0.25, 0.3) is 6.08 Å². The van der Waals surface area contributed by atoms with Crippen LogP contribution in [0.4, 0.5) is 0 Å². The van der Waals surface area contributed by atoms with E-state index in [1.54, 1.807) is 18.0 Å². The number of carbonyl (C=O) groups is 1. The van der Waals surface area contributed by atoms with Crippen molar-refractivity contribution in [3.05, 3.63) is 65.2 Å². The Labute approximate surface area is 208 Å². The highest BCUT2D eigenvalue weighted by atomic mass is 35.5. The summed E-state index contributed by atoms with van der Waals surface area (Å²) in [7, 11) is 0. The first kappa shape index (κ1) is 27.3. The molecule has 3 N–H and O–H groups in total. The van der Waals surface area contributed by atoms with E-state index in [4.69, 9.17) is 5.11 Å². The fourth-order valence-corrected chi connectivity index (χ4v) is 4.61. The summed E-state index contributed by atoms with van der Waals surface area (Å²) in [6.07, 6.45) is 12.6. The Hall–Kier alpha value is -1.99. The number of carboxylic acid groups (broad SMARTS) is 1. The first-order chi connectivity index (χ1) is 15.1. The number of halogens is 2. The van der Waals surface area contributed by atoms with Gasteiger partial charge < -0.3 is 15.7 Å². The molecule has 2 saturated carbocycles. The highest BCUT2D eigenvalue weighted by molar-refractivity contribution is 5.85. The van der Waals surface area contributed by atoms with Crippen LogP contribution < -0.4 is 10.6 Å². The molecule has 1 heterocycles. The third-order valence-electron chi connectivity index (χ3n) is 6.50. The summed E-state index contributed by atoms with van der Waals surface area (Å²) in [6, 6.07) is 12.4. The molecule has 1 aromatic carbocycles. The van der Waals surface area contributed by atoms with Crippen LogP contribution in [-0.2, 0) is 6.54 Å². The van der Waals surface area contributed by atoms with Crippen LogP contribution in [0.2, 0.25) is 0 Å². The molecule has 0 spiro atoms. The summed E-state index contributed by atoms with van der Waals surface area (Å²) in [6.45, 7) is 2.94. The molecule has 8 heteroatoms. The number of nitrogens with zero attached hydrogens (tertiary/aromatic N) is 2. The molecule has 0 amide bonds. The van der Waals surface area contributed by atoms with Gasteiger partial charge in [-0.15, -0.1) is 24.8 Å². The molecule has 6 nitrogen and oxygen atoms in total. The predicted octanol–water partition coefficient (Wildman–Crippen LogP) is 4.89. The van der Waals surface area contributed by atoms with Gasteiger partial charge in [-0.3, -0.25) is 0 Å². The van der Waals surface area contributed by atoms with Gasteiger partial charge in [0.25, 0.3) is 0 Å². The molecule has 180 valence electrons. The molecule has 0 unspecified atom stereocenters. The zero-order valence-electron chi connectivity index (χ0n) is 18.9. The molecule has 0 saturated heterocycles. The highest BCUT2D eigenvalue weighted by Gasteiger charge is 2.40. The second-order valence-corrected chi connectivity index (χ2v) is 8.75. The van der Waals surface area contributed by atoms with E-state index in [2.05, 4.69) is 63.9 Å². The van der Waals surface area contributed by atoms with E-state index < -0.39 is 5.97 Å². The summed E-state index contributed by atoms with van der Waals surface area (Å²) in [4.78, 5) is 18.6. The Morgan fingerprint density at radius 1 is 1.06 bits per heavy atom. The van der Waals surface area contributed by atoms with Crippen molar-refractivity contribution in [2.75, 3.05) is 0 Å². The predicted molar refractivity (Wildman–Crippen MR) is 136 cm³/mol. The van der Waals surface area contributed by atoms with E-state index in [9.17, 15) is 4.79 Å². The first-order valence-electron chi connectivity index (χ1n) is 11.4. The van der Waals surface area contributed by atoms with E-state index in [-0.39, 0.29) is 30.6 Å². The van der Waals surface area contributed by atoms with Gasteiger partial charge in [0.15, 0.2) is 0 Å². The lowest BCUT2D eigenvalue weighted by molar-refractivity contribution is 0.0683. The lowest BCUT2D eigenvalue weighted by Crippen LogP contribution is -2.40. The fourth-order valence-electron chi connectivity index (χ4n) is 4.61. The van der Waals surface area contributed by atoms with E-state index >= 15 is 0 Å². The number of benzene rings is 1. The number of aromatic carboxylic acids is 1. The average molecular weight is 493 g/mol. The third kappa shape index (κ3) is 7.78. The van der Waals surface area contributed by atoms with E-state index in [0.29, 0.717) is 30.6 Å². The van der Waals surface area contributed by atoms with Crippen LogP contribution in [0.1, 0.15) is 67.2 Å². The van der Waals surface area contributed by atoms with Crippen molar-refractivity contribution < 1.29 is 9.90 Å². The van der Waals surface area contributed by atoms with Crippen LogP contribution in [0, 0.1) is 5.92 Å². The highest BCUT2D eigenvalue weighted by Crippen LogP contribution is 2.40. The second kappa shape index (κ2) is 13.0. The van der Waals surface area contributed by atoms with Gasteiger partial charge in [0.1, 0.15) is 0 Å². The van der Waals surface area contributed by atoms with Crippen LogP contribution in [0.5, 0.6) is 0 Å². The van der Waals surface area contributed by atoms with E-state index in [1.165, 1.54) is 24.8 Å². The quantitative estimate of drug-likeness (QED) is 0.461. The Morgan fingerprint density at radius 2 is 1.70 bits per heavy atom. The largest absolute Gasteiger partial charge is 0.475 e. The molecule has 0 bridgehead atoms. The van der Waals surface area contributed by atoms with E-state index in [0.717, 1.165) is 24.8 Å². The van der Waals surface area contributed by atoms with E-state index in [1.807, 2.05) is 0 Å². The Bertz CT molecular complexity index is 900. The molecule has 0 aliphatic heterocycles. The summed E-state index contributed by atoms with van der Waals surface area (Å²) in [5, 5.41) is 16.4. The van der Waals surface area contributed by atoms with Crippen molar-refractivity contribution in [1.82, 2.24) is 20.6 Å². The monoisotopic (exact) mass is 492 g/mol. The summed E-state index contributed by atoms with van der Waals surface area (Å²) < 4.78 is 0. The Balaban J connectivity index is 0.00000193. The smallest absolute Gasteiger partial charge is 0.373 e. The first-order valence-corrected chi connectivity index (χ1v) is 11.4. The second-order valence-electron chi connectivity index (χ2n) is 8.75. The lowest BCUT2D eigenvalue weighted by atomic mass is 9.91. The van der Waals surface area contributed by atoms with Crippen molar-refractivity contribution in [3.63, 3.8) is 0 Å². The maximum Gasteiger partial charge on any atom is 0.373 e. The molecular weight excluding hydrogens is 459 g/mol. The van der Waals surface area contributed by atoms with Crippen LogP contribution in [0.15, 0.2) is 48.3 Å². The zero-order valence-corrected chi connectivity index (χ0v) is 20.6. The van der Waals surface area contributed by atoms with Crippen molar-refractivity contribution in [3.8, 4) is 0 Å². The zero-order chi connectivity index (χ0) is 21.6. The molecule has 2 fully saturated rings. The molecule has 2 atom stereocenters. The van der Waals surface area contributed by atoms with Crippen LogP contribution in [0.3, 0.4) is 0 Å². The van der Waals surface area contributed by atoms with Crippen molar-refractivity contribution in [2.45, 2.75) is 70.1 Å². The number of rotatable bonds is 9. The van der Waals surface area contributed by atoms with Crippen LogP contribution in [-0.4, -0.2) is 39.2 Å². The number of hydrogen-bond donors (Lipinski definition) is 3. The molecule has 33 heavy (non-hydrogen) atoms. The van der Waals surface area contributed by atoms with Crippen LogP contribution >= 0.6 is 24.8 Å². The van der Waals surface area contributed by atoms with Gasteiger partial charge >= 0.3 is 5.97 Å². The van der Waals surface area contributed by atoms with Gasteiger partial charge in [-0.2, -0.15) is 0 Å². The molecule has 1 aromatic heterocycles. The number of aromatic nitrogens is 2.